The van der Waals surface area contributed by atoms with Gasteiger partial charge in [0.15, 0.2) is 6.61 Å². The Bertz CT molecular complexity index is 933. The van der Waals surface area contributed by atoms with E-state index in [1.807, 2.05) is 5.32 Å². The lowest BCUT2D eigenvalue weighted by Gasteiger charge is -2.09. The van der Waals surface area contributed by atoms with E-state index in [2.05, 4.69) is 5.32 Å². The van der Waals surface area contributed by atoms with Crippen molar-refractivity contribution >= 4 is 28.9 Å². The van der Waals surface area contributed by atoms with Gasteiger partial charge in [0, 0.05) is 30.5 Å². The zero-order valence-corrected chi connectivity index (χ0v) is 15.2. The van der Waals surface area contributed by atoms with Gasteiger partial charge in [-0.25, -0.2) is 9.59 Å². The minimum atomic E-state index is -0.752. The van der Waals surface area contributed by atoms with Gasteiger partial charge in [-0.3, -0.25) is 14.9 Å². The van der Waals surface area contributed by atoms with E-state index in [-0.39, 0.29) is 12.8 Å². The van der Waals surface area contributed by atoms with Gasteiger partial charge in [-0.1, -0.05) is 0 Å². The van der Waals surface area contributed by atoms with E-state index < -0.39 is 30.1 Å². The number of amides is 3. The number of carbonyl (C=O) groups excluding carboxylic acids is 3. The summed E-state index contributed by atoms with van der Waals surface area (Å²) in [6.45, 7) is 1.18. The molecule has 9 nitrogen and oxygen atoms in total. The molecule has 0 aliphatic carbocycles. The molecule has 0 unspecified atom stereocenters. The van der Waals surface area contributed by atoms with Crippen molar-refractivity contribution in [2.24, 2.45) is 0 Å². The lowest BCUT2D eigenvalue weighted by Crippen LogP contribution is -2.39. The topological polar surface area (TPSA) is 124 Å². The predicted molar refractivity (Wildman–Crippen MR) is 95.7 cm³/mol. The number of urea groups is 1. The molecule has 0 atom stereocenters. The Morgan fingerprint density at radius 2 is 1.96 bits per heavy atom. The Hall–Kier alpha value is -3.36. The van der Waals surface area contributed by atoms with E-state index in [1.165, 1.54) is 14.2 Å². The summed E-state index contributed by atoms with van der Waals surface area (Å²) in [5, 5.41) is 4.90. The fourth-order valence-corrected chi connectivity index (χ4v) is 2.46. The first-order valence-electron chi connectivity index (χ1n) is 8.13. The number of nitrogens with one attached hydrogen (secondary N) is 2. The van der Waals surface area contributed by atoms with E-state index in [4.69, 9.17) is 13.9 Å². The van der Waals surface area contributed by atoms with Crippen molar-refractivity contribution in [2.75, 3.05) is 20.8 Å². The van der Waals surface area contributed by atoms with Gasteiger partial charge in [0.05, 0.1) is 7.11 Å². The summed E-state index contributed by atoms with van der Waals surface area (Å²) < 4.78 is 15.2. The molecule has 9 heteroatoms. The molecule has 144 valence electrons. The number of benzene rings is 1. The second kappa shape index (κ2) is 8.84. The molecule has 1 aromatic heterocycles. The van der Waals surface area contributed by atoms with Gasteiger partial charge >= 0.3 is 17.6 Å². The van der Waals surface area contributed by atoms with Crippen molar-refractivity contribution in [1.82, 2.24) is 10.6 Å². The highest BCUT2D eigenvalue weighted by Gasteiger charge is 2.15. The van der Waals surface area contributed by atoms with Gasteiger partial charge in [-0.05, 0) is 31.0 Å². The highest BCUT2D eigenvalue weighted by molar-refractivity contribution is 5.95. The van der Waals surface area contributed by atoms with Crippen LogP contribution in [0.4, 0.5) is 4.79 Å². The Labute approximate surface area is 154 Å². The van der Waals surface area contributed by atoms with Gasteiger partial charge in [0.1, 0.15) is 11.3 Å². The van der Waals surface area contributed by atoms with Crippen molar-refractivity contribution < 1.29 is 28.3 Å². The summed E-state index contributed by atoms with van der Waals surface area (Å²) in [7, 11) is 2.86. The zero-order chi connectivity index (χ0) is 20.0. The van der Waals surface area contributed by atoms with Gasteiger partial charge in [0.2, 0.25) is 0 Å². The molecule has 0 spiro atoms. The molecule has 0 saturated carbocycles. The molecule has 0 bridgehead atoms. The van der Waals surface area contributed by atoms with Crippen LogP contribution in [0.5, 0.6) is 5.75 Å². The Balaban J connectivity index is 2.02. The molecule has 2 N–H and O–H groups in total. The summed E-state index contributed by atoms with van der Waals surface area (Å²) >= 11 is 0. The molecule has 0 aliphatic heterocycles. The Morgan fingerprint density at radius 1 is 1.22 bits per heavy atom. The van der Waals surface area contributed by atoms with Crippen molar-refractivity contribution in [3.05, 3.63) is 39.7 Å². The van der Waals surface area contributed by atoms with Crippen LogP contribution in [0.15, 0.2) is 27.4 Å². The monoisotopic (exact) mass is 376 g/mol. The highest BCUT2D eigenvalue weighted by Crippen LogP contribution is 2.24. The maximum absolute atomic E-state index is 12.2. The minimum Gasteiger partial charge on any atom is -0.497 e. The lowest BCUT2D eigenvalue weighted by molar-refractivity contribution is -0.148. The van der Waals surface area contributed by atoms with Crippen molar-refractivity contribution in [1.29, 1.82) is 0 Å². The van der Waals surface area contributed by atoms with Crippen LogP contribution < -0.4 is 21.0 Å². The van der Waals surface area contributed by atoms with Crippen LogP contribution in [0.25, 0.3) is 11.0 Å². The molecule has 2 aromatic rings. The van der Waals surface area contributed by atoms with Crippen molar-refractivity contribution in [3.8, 4) is 5.75 Å². The maximum atomic E-state index is 12.2. The average Bonchev–Trinajstić information content (AvgIpc) is 2.65. The number of methoxy groups -OCH3 is 1. The van der Waals surface area contributed by atoms with E-state index in [1.54, 1.807) is 25.1 Å². The van der Waals surface area contributed by atoms with E-state index in [0.717, 1.165) is 5.39 Å². The fraction of sp³-hybridized carbons (Fsp3) is 0.333. The summed E-state index contributed by atoms with van der Waals surface area (Å²) in [5.74, 6) is -0.856. The number of hydrogen-bond acceptors (Lipinski definition) is 7. The molecule has 1 heterocycles. The number of fused-ring (bicyclic) bond motifs is 1. The smallest absolute Gasteiger partial charge is 0.339 e. The normalized spacial score (nSPS) is 10.3. The number of hydrogen-bond donors (Lipinski definition) is 2. The lowest BCUT2D eigenvalue weighted by atomic mass is 10.0. The molecular weight excluding hydrogens is 356 g/mol. The van der Waals surface area contributed by atoms with Crippen molar-refractivity contribution in [2.45, 2.75) is 19.8 Å². The van der Waals surface area contributed by atoms with Crippen LogP contribution in [0.2, 0.25) is 0 Å². The van der Waals surface area contributed by atoms with Crippen LogP contribution in [0.3, 0.4) is 0 Å². The van der Waals surface area contributed by atoms with Gasteiger partial charge in [0.25, 0.3) is 5.91 Å². The van der Waals surface area contributed by atoms with E-state index >= 15 is 0 Å². The van der Waals surface area contributed by atoms with Crippen LogP contribution in [-0.4, -0.2) is 38.7 Å². The molecule has 1 aromatic carbocycles. The number of carbonyl (C=O) groups is 3. The van der Waals surface area contributed by atoms with Crippen LogP contribution in [0, 0.1) is 6.92 Å². The maximum Gasteiger partial charge on any atom is 0.339 e. The van der Waals surface area contributed by atoms with E-state index in [9.17, 15) is 19.2 Å². The first-order valence-corrected chi connectivity index (χ1v) is 8.13. The second-order valence-corrected chi connectivity index (χ2v) is 5.64. The number of imide groups is 1. The molecular formula is C18H20N2O7. The predicted octanol–water partition coefficient (Wildman–Crippen LogP) is 1.04. The number of aryl methyl sites for hydroxylation is 1. The quantitative estimate of drug-likeness (QED) is 0.570. The van der Waals surface area contributed by atoms with Gasteiger partial charge in [-0.2, -0.15) is 0 Å². The van der Waals surface area contributed by atoms with Crippen LogP contribution in [-0.2, 0) is 20.7 Å². The Morgan fingerprint density at radius 3 is 2.63 bits per heavy atom. The van der Waals surface area contributed by atoms with E-state index in [0.29, 0.717) is 22.5 Å². The first-order chi connectivity index (χ1) is 12.8. The number of rotatable bonds is 6. The van der Waals surface area contributed by atoms with Gasteiger partial charge < -0.3 is 19.2 Å². The molecule has 2 rings (SSSR count). The summed E-state index contributed by atoms with van der Waals surface area (Å²) in [5.41, 5.74) is 0.918. The number of ether oxygens (including phenoxy) is 2. The van der Waals surface area contributed by atoms with Crippen molar-refractivity contribution in [3.63, 3.8) is 0 Å². The molecule has 0 saturated heterocycles. The molecule has 0 radical (unpaired) electrons. The third-order valence-electron chi connectivity index (χ3n) is 3.92. The Kier molecular flexibility index (Phi) is 6.53. The third-order valence-corrected chi connectivity index (χ3v) is 3.92. The van der Waals surface area contributed by atoms with Crippen LogP contribution in [0.1, 0.15) is 17.5 Å². The first kappa shape index (κ1) is 20.0. The highest BCUT2D eigenvalue weighted by atomic mass is 16.5. The molecule has 0 aliphatic rings. The average molecular weight is 376 g/mol. The van der Waals surface area contributed by atoms with Crippen LogP contribution >= 0.6 is 0 Å². The molecule has 0 fully saturated rings. The summed E-state index contributed by atoms with van der Waals surface area (Å²) in [6.07, 6.45) is -0.00739. The number of esters is 1. The minimum absolute atomic E-state index is 0.103. The summed E-state index contributed by atoms with van der Waals surface area (Å²) in [6, 6.07) is 4.44. The second-order valence-electron chi connectivity index (χ2n) is 5.64. The molecule has 27 heavy (non-hydrogen) atoms. The molecule has 3 amide bonds. The SMILES string of the molecule is CNC(=O)NC(=O)COC(=O)CCc1c(C)c2ccc(OC)cc2oc1=O. The zero-order valence-electron chi connectivity index (χ0n) is 15.2. The third kappa shape index (κ3) is 5.06. The summed E-state index contributed by atoms with van der Waals surface area (Å²) in [4.78, 5) is 46.3. The largest absolute Gasteiger partial charge is 0.497 e. The van der Waals surface area contributed by atoms with Gasteiger partial charge in [-0.15, -0.1) is 0 Å². The fourth-order valence-electron chi connectivity index (χ4n) is 2.46. The standard InChI is InChI=1S/C18H20N2O7/c1-10-12-5-4-11(25-3)8-14(12)27-17(23)13(10)6-7-16(22)26-9-15(21)20-18(24)19-2/h4-5,8H,6-7,9H2,1-3H3,(H2,19,20,21,24).